The fourth-order valence-corrected chi connectivity index (χ4v) is 2.82. The molecule has 2 aromatic carbocycles. The number of rotatable bonds is 5. The Bertz CT molecular complexity index is 731. The van der Waals surface area contributed by atoms with Crippen LogP contribution in [0.4, 0.5) is 14.5 Å². The molecule has 0 fully saturated rings. The monoisotopic (exact) mass is 312 g/mol. The molecule has 0 heterocycles. The molecule has 4 nitrogen and oxygen atoms in total. The third kappa shape index (κ3) is 3.99. The Kier molecular flexibility index (Phi) is 4.54. The Hall–Kier alpha value is -1.99. The van der Waals surface area contributed by atoms with Gasteiger partial charge >= 0.3 is 0 Å². The van der Waals surface area contributed by atoms with Crippen LogP contribution in [0.3, 0.4) is 0 Å². The van der Waals surface area contributed by atoms with Gasteiger partial charge in [-0.3, -0.25) is 0 Å². The minimum atomic E-state index is -3.75. The number of anilines is 1. The number of sulfonamides is 1. The molecule has 0 aliphatic rings. The summed E-state index contributed by atoms with van der Waals surface area (Å²) in [6.45, 7) is 0.144. The van der Waals surface area contributed by atoms with E-state index in [1.165, 1.54) is 12.1 Å². The minimum Gasteiger partial charge on any atom is -0.396 e. The van der Waals surface area contributed by atoms with Gasteiger partial charge in [0.2, 0.25) is 10.0 Å². The topological polar surface area (TPSA) is 72.2 Å². The van der Waals surface area contributed by atoms with Crippen LogP contribution in [-0.4, -0.2) is 15.0 Å². The standard InChI is InChI=1S/C14H14F2N2O2S/c15-11-3-1-10(2-4-11)7-8-18-21(19,20)12-5-6-13(16)14(17)9-12/h1-6,9,18H,7-8,17H2. The van der Waals surface area contributed by atoms with Gasteiger partial charge < -0.3 is 5.73 Å². The van der Waals surface area contributed by atoms with Gasteiger partial charge in [-0.2, -0.15) is 0 Å². The molecule has 2 aromatic rings. The van der Waals surface area contributed by atoms with Crippen molar-refractivity contribution in [3.8, 4) is 0 Å². The van der Waals surface area contributed by atoms with E-state index in [1.54, 1.807) is 12.1 Å². The molecule has 21 heavy (non-hydrogen) atoms. The van der Waals surface area contributed by atoms with Gasteiger partial charge in [0.25, 0.3) is 0 Å². The molecule has 3 N–H and O–H groups in total. The van der Waals surface area contributed by atoms with Crippen molar-refractivity contribution in [2.24, 2.45) is 0 Å². The second kappa shape index (κ2) is 6.19. The number of hydrogen-bond acceptors (Lipinski definition) is 3. The molecule has 0 radical (unpaired) electrons. The summed E-state index contributed by atoms with van der Waals surface area (Å²) in [5.41, 5.74) is 5.93. The molecule has 0 saturated carbocycles. The molecule has 7 heteroatoms. The van der Waals surface area contributed by atoms with E-state index in [1.807, 2.05) is 0 Å². The molecule has 0 spiro atoms. The summed E-state index contributed by atoms with van der Waals surface area (Å²) in [6, 6.07) is 9.00. The number of nitrogens with one attached hydrogen (secondary N) is 1. The first-order valence-corrected chi connectivity index (χ1v) is 7.66. The van der Waals surface area contributed by atoms with Gasteiger partial charge in [0, 0.05) is 6.54 Å². The lowest BCUT2D eigenvalue weighted by atomic mass is 10.1. The fraction of sp³-hybridized carbons (Fsp3) is 0.143. The molecule has 0 atom stereocenters. The lowest BCUT2D eigenvalue weighted by Gasteiger charge is -2.08. The van der Waals surface area contributed by atoms with Crippen molar-refractivity contribution >= 4 is 15.7 Å². The molecule has 0 aromatic heterocycles. The van der Waals surface area contributed by atoms with Crippen molar-refractivity contribution in [1.82, 2.24) is 4.72 Å². The van der Waals surface area contributed by atoms with Gasteiger partial charge in [-0.1, -0.05) is 12.1 Å². The van der Waals surface area contributed by atoms with Gasteiger partial charge in [-0.25, -0.2) is 21.9 Å². The summed E-state index contributed by atoms with van der Waals surface area (Å²) >= 11 is 0. The van der Waals surface area contributed by atoms with Gasteiger partial charge in [0.15, 0.2) is 0 Å². The molecule has 0 aliphatic heterocycles. The fourth-order valence-electron chi connectivity index (χ4n) is 1.75. The number of hydrogen-bond donors (Lipinski definition) is 2. The molecule has 112 valence electrons. The van der Waals surface area contributed by atoms with Crippen molar-refractivity contribution in [3.05, 3.63) is 59.7 Å². The first-order chi connectivity index (χ1) is 9.88. The second-order valence-corrected chi connectivity index (χ2v) is 6.22. The first-order valence-electron chi connectivity index (χ1n) is 6.17. The first kappa shape index (κ1) is 15.4. The quantitative estimate of drug-likeness (QED) is 0.830. The van der Waals surface area contributed by atoms with Crippen LogP contribution < -0.4 is 10.5 Å². The third-order valence-corrected chi connectivity index (χ3v) is 4.36. The Morgan fingerprint density at radius 3 is 2.33 bits per heavy atom. The van der Waals surface area contributed by atoms with Gasteiger partial charge in [0.05, 0.1) is 10.6 Å². The summed E-state index contributed by atoms with van der Waals surface area (Å²) in [7, 11) is -3.75. The zero-order chi connectivity index (χ0) is 15.5. The Morgan fingerprint density at radius 2 is 1.71 bits per heavy atom. The maximum Gasteiger partial charge on any atom is 0.240 e. The molecule has 0 saturated heterocycles. The van der Waals surface area contributed by atoms with Crippen molar-refractivity contribution in [2.45, 2.75) is 11.3 Å². The summed E-state index contributed by atoms with van der Waals surface area (Å²) < 4.78 is 52.1. The lowest BCUT2D eigenvalue weighted by molar-refractivity contribution is 0.580. The summed E-state index contributed by atoms with van der Waals surface area (Å²) in [6.07, 6.45) is 0.413. The van der Waals surface area contributed by atoms with Crippen molar-refractivity contribution in [1.29, 1.82) is 0 Å². The van der Waals surface area contributed by atoms with E-state index < -0.39 is 15.8 Å². The Balaban J connectivity index is 2.01. The lowest BCUT2D eigenvalue weighted by Crippen LogP contribution is -2.26. The maximum atomic E-state index is 13.0. The van der Waals surface area contributed by atoms with E-state index in [2.05, 4.69) is 4.72 Å². The van der Waals surface area contributed by atoms with Crippen LogP contribution in [0.1, 0.15) is 5.56 Å². The molecule has 0 amide bonds. The number of nitrogen functional groups attached to an aromatic ring is 1. The van der Waals surface area contributed by atoms with Crippen LogP contribution in [0.25, 0.3) is 0 Å². The third-order valence-electron chi connectivity index (χ3n) is 2.90. The highest BCUT2D eigenvalue weighted by Gasteiger charge is 2.14. The maximum absolute atomic E-state index is 13.0. The van der Waals surface area contributed by atoms with Crippen LogP contribution in [0.15, 0.2) is 47.4 Å². The van der Waals surface area contributed by atoms with Crippen LogP contribution in [-0.2, 0) is 16.4 Å². The van der Waals surface area contributed by atoms with Crippen molar-refractivity contribution in [2.75, 3.05) is 12.3 Å². The largest absolute Gasteiger partial charge is 0.396 e. The summed E-state index contributed by atoms with van der Waals surface area (Å²) in [4.78, 5) is -0.0968. The second-order valence-electron chi connectivity index (χ2n) is 4.46. The highest BCUT2D eigenvalue weighted by molar-refractivity contribution is 7.89. The van der Waals surface area contributed by atoms with E-state index >= 15 is 0 Å². The highest BCUT2D eigenvalue weighted by atomic mass is 32.2. The van der Waals surface area contributed by atoms with E-state index in [9.17, 15) is 17.2 Å². The summed E-state index contributed by atoms with van der Waals surface area (Å²) in [5.74, 6) is -1.01. The smallest absolute Gasteiger partial charge is 0.240 e. The predicted molar refractivity (Wildman–Crippen MR) is 76.1 cm³/mol. The number of halogens is 2. The van der Waals surface area contributed by atoms with Crippen LogP contribution >= 0.6 is 0 Å². The van der Waals surface area contributed by atoms with Gasteiger partial charge in [0.1, 0.15) is 11.6 Å². The van der Waals surface area contributed by atoms with Crippen LogP contribution in [0.2, 0.25) is 0 Å². The van der Waals surface area contributed by atoms with Crippen LogP contribution in [0.5, 0.6) is 0 Å². The molecular weight excluding hydrogens is 298 g/mol. The van der Waals surface area contributed by atoms with Crippen LogP contribution in [0, 0.1) is 11.6 Å². The minimum absolute atomic E-state index is 0.0968. The van der Waals surface area contributed by atoms with Gasteiger partial charge in [-0.15, -0.1) is 0 Å². The van der Waals surface area contributed by atoms with Crippen molar-refractivity contribution < 1.29 is 17.2 Å². The van der Waals surface area contributed by atoms with Gasteiger partial charge in [-0.05, 0) is 42.3 Å². The molecule has 0 bridgehead atoms. The SMILES string of the molecule is Nc1cc(S(=O)(=O)NCCc2ccc(F)cc2)ccc1F. The van der Waals surface area contributed by atoms with E-state index in [0.29, 0.717) is 6.42 Å². The molecule has 0 unspecified atom stereocenters. The zero-order valence-corrected chi connectivity index (χ0v) is 11.8. The van der Waals surface area contributed by atoms with E-state index in [0.717, 1.165) is 23.8 Å². The average molecular weight is 312 g/mol. The van der Waals surface area contributed by atoms with E-state index in [4.69, 9.17) is 5.73 Å². The summed E-state index contributed by atoms with van der Waals surface area (Å²) in [5, 5.41) is 0. The molecule has 0 aliphatic carbocycles. The molecule has 2 rings (SSSR count). The molecular formula is C14H14F2N2O2S. The average Bonchev–Trinajstić information content (AvgIpc) is 2.44. The normalized spacial score (nSPS) is 11.5. The Labute approximate surface area is 121 Å². The Morgan fingerprint density at radius 1 is 1.05 bits per heavy atom. The number of benzene rings is 2. The predicted octanol–water partition coefficient (Wildman–Crippen LogP) is 2.07. The number of nitrogens with two attached hydrogens (primary N) is 1. The van der Waals surface area contributed by atoms with E-state index in [-0.39, 0.29) is 22.9 Å². The zero-order valence-electron chi connectivity index (χ0n) is 11.0. The van der Waals surface area contributed by atoms with Crippen molar-refractivity contribution in [3.63, 3.8) is 0 Å². The highest BCUT2D eigenvalue weighted by Crippen LogP contribution is 2.16.